The highest BCUT2D eigenvalue weighted by Crippen LogP contribution is 2.29. The average Bonchev–Trinajstić information content (AvgIpc) is 2.76. The van der Waals surface area contributed by atoms with E-state index in [1.54, 1.807) is 0 Å². The van der Waals surface area contributed by atoms with E-state index in [-0.39, 0.29) is 24.7 Å². The van der Waals surface area contributed by atoms with Gasteiger partial charge >= 0.3 is 0 Å². The molecule has 2 rings (SSSR count). The van der Waals surface area contributed by atoms with Crippen molar-refractivity contribution in [3.05, 3.63) is 0 Å². The summed E-state index contributed by atoms with van der Waals surface area (Å²) in [7, 11) is 0. The molecule has 0 spiro atoms. The lowest BCUT2D eigenvalue weighted by atomic mass is 10.1. The second-order valence-corrected chi connectivity index (χ2v) is 4.34. The summed E-state index contributed by atoms with van der Waals surface area (Å²) in [4.78, 5) is 13.8. The van der Waals surface area contributed by atoms with Crippen LogP contribution < -0.4 is 5.73 Å². The van der Waals surface area contributed by atoms with Gasteiger partial charge < -0.3 is 20.1 Å². The van der Waals surface area contributed by atoms with Gasteiger partial charge in [0.05, 0.1) is 25.4 Å². The Bertz CT molecular complexity index is 247. The third-order valence-electron chi connectivity index (χ3n) is 3.29. The Morgan fingerprint density at radius 2 is 2.38 bits per heavy atom. The summed E-state index contributed by atoms with van der Waals surface area (Å²) in [5.74, 6) is 0.0775. The first-order chi connectivity index (χ1) is 7.83. The number of hydrogen-bond donors (Lipinski definition) is 1. The molecule has 2 aliphatic rings. The van der Waals surface area contributed by atoms with E-state index in [2.05, 4.69) is 0 Å². The number of nitrogens with two attached hydrogens (primary N) is 1. The van der Waals surface area contributed by atoms with Gasteiger partial charge in [-0.3, -0.25) is 4.79 Å². The SMILES string of the molecule is NCCOCC(=O)N1CCOC2CCCC21. The van der Waals surface area contributed by atoms with Gasteiger partial charge in [0.2, 0.25) is 5.91 Å². The second kappa shape index (κ2) is 5.61. The Morgan fingerprint density at radius 1 is 1.50 bits per heavy atom. The summed E-state index contributed by atoms with van der Waals surface area (Å²) in [6.45, 7) is 2.42. The fourth-order valence-electron chi connectivity index (χ4n) is 2.56. The molecule has 1 aliphatic heterocycles. The van der Waals surface area contributed by atoms with Crippen molar-refractivity contribution in [1.29, 1.82) is 0 Å². The van der Waals surface area contributed by atoms with E-state index < -0.39 is 0 Å². The number of morpholine rings is 1. The van der Waals surface area contributed by atoms with E-state index in [4.69, 9.17) is 15.2 Å². The highest BCUT2D eigenvalue weighted by Gasteiger charge is 2.38. The van der Waals surface area contributed by atoms with Gasteiger partial charge in [0.15, 0.2) is 0 Å². The van der Waals surface area contributed by atoms with E-state index in [0.29, 0.717) is 26.3 Å². The lowest BCUT2D eigenvalue weighted by Crippen LogP contribution is -2.52. The zero-order valence-corrected chi connectivity index (χ0v) is 9.56. The molecule has 2 unspecified atom stereocenters. The fraction of sp³-hybridized carbons (Fsp3) is 0.909. The van der Waals surface area contributed by atoms with Crippen LogP contribution in [0.4, 0.5) is 0 Å². The van der Waals surface area contributed by atoms with Crippen LogP contribution in [0, 0.1) is 0 Å². The average molecular weight is 228 g/mol. The maximum atomic E-state index is 11.9. The topological polar surface area (TPSA) is 64.8 Å². The number of carbonyl (C=O) groups is 1. The molecule has 1 heterocycles. The monoisotopic (exact) mass is 228 g/mol. The lowest BCUT2D eigenvalue weighted by molar-refractivity contribution is -0.148. The number of hydrogen-bond acceptors (Lipinski definition) is 4. The molecule has 1 saturated heterocycles. The number of carbonyl (C=O) groups excluding carboxylic acids is 1. The molecular weight excluding hydrogens is 208 g/mol. The lowest BCUT2D eigenvalue weighted by Gasteiger charge is -2.37. The molecule has 0 aromatic carbocycles. The quantitative estimate of drug-likeness (QED) is 0.673. The number of fused-ring (bicyclic) bond motifs is 1. The molecule has 2 fully saturated rings. The third kappa shape index (κ3) is 2.53. The zero-order chi connectivity index (χ0) is 11.4. The van der Waals surface area contributed by atoms with Crippen molar-refractivity contribution in [2.45, 2.75) is 31.4 Å². The predicted molar refractivity (Wildman–Crippen MR) is 59.0 cm³/mol. The van der Waals surface area contributed by atoms with Crippen LogP contribution >= 0.6 is 0 Å². The molecule has 1 aliphatic carbocycles. The first-order valence-corrected chi connectivity index (χ1v) is 6.02. The number of ether oxygens (including phenoxy) is 2. The van der Waals surface area contributed by atoms with Crippen LogP contribution in [0.2, 0.25) is 0 Å². The van der Waals surface area contributed by atoms with Gasteiger partial charge in [0.1, 0.15) is 6.61 Å². The minimum atomic E-state index is 0.0775. The van der Waals surface area contributed by atoms with Crippen molar-refractivity contribution < 1.29 is 14.3 Å². The summed E-state index contributed by atoms with van der Waals surface area (Å²) in [5, 5.41) is 0. The molecule has 5 heteroatoms. The van der Waals surface area contributed by atoms with Crippen LogP contribution in [-0.4, -0.2) is 55.9 Å². The standard InChI is InChI=1S/C11H20N2O3/c12-4-6-15-8-11(14)13-5-7-16-10-3-1-2-9(10)13/h9-10H,1-8,12H2. The summed E-state index contributed by atoms with van der Waals surface area (Å²) in [6.07, 6.45) is 3.56. The predicted octanol–water partition coefficient (Wildman–Crippen LogP) is -0.258. The van der Waals surface area contributed by atoms with E-state index in [0.717, 1.165) is 19.3 Å². The smallest absolute Gasteiger partial charge is 0.248 e. The molecule has 5 nitrogen and oxygen atoms in total. The third-order valence-corrected chi connectivity index (χ3v) is 3.29. The highest BCUT2D eigenvalue weighted by molar-refractivity contribution is 5.78. The van der Waals surface area contributed by atoms with Crippen molar-refractivity contribution in [3.8, 4) is 0 Å². The van der Waals surface area contributed by atoms with E-state index in [9.17, 15) is 4.79 Å². The van der Waals surface area contributed by atoms with Crippen molar-refractivity contribution in [2.75, 3.05) is 32.9 Å². The van der Waals surface area contributed by atoms with Crippen LogP contribution in [0.25, 0.3) is 0 Å². The summed E-state index contributed by atoms with van der Waals surface area (Å²) in [6, 6.07) is 0.280. The molecule has 16 heavy (non-hydrogen) atoms. The van der Waals surface area contributed by atoms with Gasteiger partial charge in [-0.1, -0.05) is 0 Å². The zero-order valence-electron chi connectivity index (χ0n) is 9.56. The normalized spacial score (nSPS) is 29.2. The van der Waals surface area contributed by atoms with Crippen LogP contribution in [-0.2, 0) is 14.3 Å². The molecule has 2 atom stereocenters. The number of amides is 1. The Morgan fingerprint density at radius 3 is 3.19 bits per heavy atom. The Kier molecular flexibility index (Phi) is 4.15. The maximum Gasteiger partial charge on any atom is 0.248 e. The Hall–Kier alpha value is -0.650. The van der Waals surface area contributed by atoms with Gasteiger partial charge in [0.25, 0.3) is 0 Å². The van der Waals surface area contributed by atoms with Crippen molar-refractivity contribution >= 4 is 5.91 Å². The number of rotatable bonds is 4. The number of nitrogens with zero attached hydrogens (tertiary/aromatic N) is 1. The Balaban J connectivity index is 1.84. The van der Waals surface area contributed by atoms with Crippen molar-refractivity contribution in [2.24, 2.45) is 5.73 Å². The van der Waals surface area contributed by atoms with E-state index >= 15 is 0 Å². The summed E-state index contributed by atoms with van der Waals surface area (Å²) in [5.41, 5.74) is 5.31. The first kappa shape index (κ1) is 11.8. The molecule has 2 N–H and O–H groups in total. The van der Waals surface area contributed by atoms with E-state index in [1.807, 2.05) is 4.90 Å². The first-order valence-electron chi connectivity index (χ1n) is 6.02. The van der Waals surface area contributed by atoms with E-state index in [1.165, 1.54) is 0 Å². The van der Waals surface area contributed by atoms with Crippen LogP contribution in [0.15, 0.2) is 0 Å². The maximum absolute atomic E-state index is 11.9. The van der Waals surface area contributed by atoms with Crippen molar-refractivity contribution in [3.63, 3.8) is 0 Å². The molecule has 0 aromatic heterocycles. The van der Waals surface area contributed by atoms with Crippen LogP contribution in [0.3, 0.4) is 0 Å². The summed E-state index contributed by atoms with van der Waals surface area (Å²) < 4.78 is 10.8. The molecule has 0 aromatic rings. The van der Waals surface area contributed by atoms with Gasteiger partial charge in [-0.25, -0.2) is 0 Å². The molecule has 0 bridgehead atoms. The minimum absolute atomic E-state index is 0.0775. The molecule has 1 amide bonds. The summed E-state index contributed by atoms with van der Waals surface area (Å²) >= 11 is 0. The van der Waals surface area contributed by atoms with Gasteiger partial charge in [0, 0.05) is 13.1 Å². The van der Waals surface area contributed by atoms with Crippen LogP contribution in [0.1, 0.15) is 19.3 Å². The molecule has 1 saturated carbocycles. The second-order valence-electron chi connectivity index (χ2n) is 4.34. The highest BCUT2D eigenvalue weighted by atomic mass is 16.5. The minimum Gasteiger partial charge on any atom is -0.374 e. The largest absolute Gasteiger partial charge is 0.374 e. The van der Waals surface area contributed by atoms with Crippen LogP contribution in [0.5, 0.6) is 0 Å². The van der Waals surface area contributed by atoms with Gasteiger partial charge in [-0.2, -0.15) is 0 Å². The Labute approximate surface area is 95.9 Å². The fourth-order valence-corrected chi connectivity index (χ4v) is 2.56. The van der Waals surface area contributed by atoms with Gasteiger partial charge in [-0.05, 0) is 19.3 Å². The molecule has 0 radical (unpaired) electrons. The van der Waals surface area contributed by atoms with Crippen molar-refractivity contribution in [1.82, 2.24) is 4.90 Å². The molecular formula is C11H20N2O3. The van der Waals surface area contributed by atoms with Gasteiger partial charge in [-0.15, -0.1) is 0 Å². The molecule has 92 valence electrons.